The van der Waals surface area contributed by atoms with Crippen molar-refractivity contribution in [2.24, 2.45) is 5.10 Å². The number of H-pyrrole nitrogens is 1. The zero-order chi connectivity index (χ0) is 22.8. The molecule has 6 heteroatoms. The number of fused-ring (bicyclic) bond motifs is 2. The van der Waals surface area contributed by atoms with E-state index in [9.17, 15) is 4.79 Å². The Bertz CT molecular complexity index is 1520. The first kappa shape index (κ1) is 20.5. The SMILES string of the molecule is COc1ccc2ccccc2c1-c1cc(C(=O)N/N=C(/C)c2ccc3ccccc3c2)[nH]n1. The largest absolute Gasteiger partial charge is 0.496 e. The number of hydrogen-bond donors (Lipinski definition) is 2. The van der Waals surface area contributed by atoms with E-state index >= 15 is 0 Å². The molecule has 2 N–H and O–H groups in total. The van der Waals surface area contributed by atoms with Crippen LogP contribution in [0.3, 0.4) is 0 Å². The lowest BCUT2D eigenvalue weighted by Crippen LogP contribution is -2.19. The third-order valence-electron chi connectivity index (χ3n) is 5.68. The van der Waals surface area contributed by atoms with Gasteiger partial charge in [0, 0.05) is 0 Å². The fourth-order valence-electron chi connectivity index (χ4n) is 3.93. The van der Waals surface area contributed by atoms with Crippen LogP contribution < -0.4 is 10.2 Å². The first-order chi connectivity index (χ1) is 16.1. The van der Waals surface area contributed by atoms with E-state index in [0.717, 1.165) is 32.7 Å². The monoisotopic (exact) mass is 434 g/mol. The van der Waals surface area contributed by atoms with Crippen molar-refractivity contribution in [2.45, 2.75) is 6.92 Å². The molecular weight excluding hydrogens is 412 g/mol. The molecule has 0 spiro atoms. The van der Waals surface area contributed by atoms with Crippen LogP contribution >= 0.6 is 0 Å². The van der Waals surface area contributed by atoms with Gasteiger partial charge >= 0.3 is 0 Å². The van der Waals surface area contributed by atoms with Crippen LogP contribution in [-0.2, 0) is 0 Å². The quantitative estimate of drug-likeness (QED) is 0.281. The van der Waals surface area contributed by atoms with E-state index in [-0.39, 0.29) is 5.91 Å². The van der Waals surface area contributed by atoms with Crippen LogP contribution in [0.5, 0.6) is 5.75 Å². The summed E-state index contributed by atoms with van der Waals surface area (Å²) in [5, 5.41) is 15.8. The first-order valence-electron chi connectivity index (χ1n) is 10.6. The Balaban J connectivity index is 1.40. The van der Waals surface area contributed by atoms with Gasteiger partial charge in [0.05, 0.1) is 24.1 Å². The van der Waals surface area contributed by atoms with E-state index in [1.807, 2.05) is 67.6 Å². The van der Waals surface area contributed by atoms with E-state index in [2.05, 4.69) is 38.9 Å². The number of methoxy groups -OCH3 is 1. The molecule has 0 saturated carbocycles. The highest BCUT2D eigenvalue weighted by Crippen LogP contribution is 2.36. The van der Waals surface area contributed by atoms with Gasteiger partial charge in [0.2, 0.25) is 0 Å². The lowest BCUT2D eigenvalue weighted by atomic mass is 10.0. The van der Waals surface area contributed by atoms with E-state index < -0.39 is 0 Å². The molecule has 5 aromatic rings. The van der Waals surface area contributed by atoms with Gasteiger partial charge in [-0.25, -0.2) is 5.43 Å². The molecule has 0 saturated heterocycles. The molecule has 0 aliphatic heterocycles. The summed E-state index contributed by atoms with van der Waals surface area (Å²) in [6.45, 7) is 1.86. The first-order valence-corrected chi connectivity index (χ1v) is 10.6. The molecule has 0 radical (unpaired) electrons. The molecule has 0 unspecified atom stereocenters. The summed E-state index contributed by atoms with van der Waals surface area (Å²) in [5.41, 5.74) is 6.06. The molecule has 0 fully saturated rings. The van der Waals surface area contributed by atoms with Crippen molar-refractivity contribution >= 4 is 33.2 Å². The van der Waals surface area contributed by atoms with Crippen LogP contribution in [0.1, 0.15) is 23.0 Å². The highest BCUT2D eigenvalue weighted by Gasteiger charge is 2.16. The number of hydrogen-bond acceptors (Lipinski definition) is 4. The topological polar surface area (TPSA) is 79.4 Å². The molecule has 1 amide bonds. The van der Waals surface area contributed by atoms with E-state index in [4.69, 9.17) is 4.74 Å². The number of amides is 1. The van der Waals surface area contributed by atoms with Crippen LogP contribution in [0.15, 0.2) is 90.0 Å². The van der Waals surface area contributed by atoms with Gasteiger partial charge in [-0.2, -0.15) is 10.2 Å². The van der Waals surface area contributed by atoms with Gasteiger partial charge in [-0.15, -0.1) is 0 Å². The maximum Gasteiger partial charge on any atom is 0.289 e. The number of nitrogens with zero attached hydrogens (tertiary/aromatic N) is 2. The predicted molar refractivity (Wildman–Crippen MR) is 132 cm³/mol. The van der Waals surface area contributed by atoms with Gasteiger partial charge in [0.15, 0.2) is 0 Å². The maximum absolute atomic E-state index is 12.7. The fourth-order valence-corrected chi connectivity index (χ4v) is 3.93. The van der Waals surface area contributed by atoms with Crippen LogP contribution in [-0.4, -0.2) is 28.9 Å². The number of rotatable bonds is 5. The number of aromatic nitrogens is 2. The van der Waals surface area contributed by atoms with Crippen LogP contribution in [0.2, 0.25) is 0 Å². The third kappa shape index (κ3) is 3.94. The Kier molecular flexibility index (Phi) is 5.32. The number of carbonyl (C=O) groups excluding carboxylic acids is 1. The lowest BCUT2D eigenvalue weighted by Gasteiger charge is -2.09. The van der Waals surface area contributed by atoms with Gasteiger partial charge in [0.25, 0.3) is 5.91 Å². The normalized spacial score (nSPS) is 11.6. The minimum atomic E-state index is -0.368. The summed E-state index contributed by atoms with van der Waals surface area (Å²) in [6.07, 6.45) is 0. The van der Waals surface area contributed by atoms with E-state index in [1.54, 1.807) is 13.2 Å². The predicted octanol–water partition coefficient (Wildman–Crippen LogP) is 5.55. The van der Waals surface area contributed by atoms with Gasteiger partial charge in [0.1, 0.15) is 11.4 Å². The standard InChI is InChI=1S/C27H22N4O2/c1-17(20-12-11-18-7-3-4-9-21(18)15-20)28-31-27(32)24-16-23(29-30-24)26-22-10-6-5-8-19(22)13-14-25(26)33-2/h3-16H,1-2H3,(H,29,30)(H,31,32)/b28-17-. The average Bonchev–Trinajstić information content (AvgIpc) is 3.36. The van der Waals surface area contributed by atoms with Crippen molar-refractivity contribution in [3.63, 3.8) is 0 Å². The Hall–Kier alpha value is -4.45. The number of benzene rings is 4. The lowest BCUT2D eigenvalue weighted by molar-refractivity contribution is 0.0950. The Morgan fingerprint density at radius 2 is 1.64 bits per heavy atom. The average molecular weight is 434 g/mol. The number of carbonyl (C=O) groups is 1. The third-order valence-corrected chi connectivity index (χ3v) is 5.68. The molecule has 0 aliphatic carbocycles. The fraction of sp³-hybridized carbons (Fsp3) is 0.0741. The summed E-state index contributed by atoms with van der Waals surface area (Å²) in [7, 11) is 1.62. The molecule has 162 valence electrons. The van der Waals surface area contributed by atoms with Crippen molar-refractivity contribution in [2.75, 3.05) is 7.11 Å². The molecule has 0 atom stereocenters. The molecule has 4 aromatic carbocycles. The van der Waals surface area contributed by atoms with Crippen LogP contribution in [0.4, 0.5) is 0 Å². The van der Waals surface area contributed by atoms with Crippen molar-refractivity contribution in [1.82, 2.24) is 15.6 Å². The second-order valence-corrected chi connectivity index (χ2v) is 7.73. The Labute approximate surface area is 190 Å². The molecule has 1 heterocycles. The summed E-state index contributed by atoms with van der Waals surface area (Å²) in [6, 6.07) is 27.8. The van der Waals surface area contributed by atoms with Gasteiger partial charge in [-0.3, -0.25) is 9.89 Å². The summed E-state index contributed by atoms with van der Waals surface area (Å²) < 4.78 is 5.56. The Morgan fingerprint density at radius 1 is 0.909 bits per heavy atom. The molecular formula is C27H22N4O2. The number of ether oxygens (including phenoxy) is 1. The van der Waals surface area contributed by atoms with Crippen molar-refractivity contribution in [3.05, 3.63) is 96.2 Å². The highest BCUT2D eigenvalue weighted by atomic mass is 16.5. The van der Waals surface area contributed by atoms with E-state index in [1.165, 1.54) is 0 Å². The molecule has 1 aromatic heterocycles. The number of aromatic amines is 1. The molecule has 5 rings (SSSR count). The number of nitrogens with one attached hydrogen (secondary N) is 2. The van der Waals surface area contributed by atoms with E-state index in [0.29, 0.717) is 22.8 Å². The minimum Gasteiger partial charge on any atom is -0.496 e. The second-order valence-electron chi connectivity index (χ2n) is 7.73. The van der Waals surface area contributed by atoms with Gasteiger partial charge in [-0.05, 0) is 52.2 Å². The van der Waals surface area contributed by atoms with Crippen LogP contribution in [0.25, 0.3) is 32.8 Å². The molecule has 6 nitrogen and oxygen atoms in total. The summed E-state index contributed by atoms with van der Waals surface area (Å²) in [5.74, 6) is 0.324. The highest BCUT2D eigenvalue weighted by molar-refractivity contribution is 6.04. The minimum absolute atomic E-state index is 0.315. The van der Waals surface area contributed by atoms with Gasteiger partial charge in [-0.1, -0.05) is 66.7 Å². The van der Waals surface area contributed by atoms with Crippen molar-refractivity contribution in [1.29, 1.82) is 0 Å². The molecule has 0 bridgehead atoms. The summed E-state index contributed by atoms with van der Waals surface area (Å²) in [4.78, 5) is 12.7. The van der Waals surface area contributed by atoms with Crippen molar-refractivity contribution < 1.29 is 9.53 Å². The molecule has 0 aliphatic rings. The Morgan fingerprint density at radius 3 is 2.45 bits per heavy atom. The maximum atomic E-state index is 12.7. The van der Waals surface area contributed by atoms with Crippen molar-refractivity contribution in [3.8, 4) is 17.0 Å². The summed E-state index contributed by atoms with van der Waals surface area (Å²) >= 11 is 0. The smallest absolute Gasteiger partial charge is 0.289 e. The van der Waals surface area contributed by atoms with Crippen LogP contribution in [0, 0.1) is 0 Å². The van der Waals surface area contributed by atoms with Gasteiger partial charge < -0.3 is 4.74 Å². The zero-order valence-corrected chi connectivity index (χ0v) is 18.3. The second kappa shape index (κ2) is 8.59. The molecule has 33 heavy (non-hydrogen) atoms. The number of hydrazone groups is 1. The zero-order valence-electron chi connectivity index (χ0n) is 18.3.